The fraction of sp³-hybridized carbons (Fsp3) is 0.467. The lowest BCUT2D eigenvalue weighted by atomic mass is 10.1. The van der Waals surface area contributed by atoms with Gasteiger partial charge in [0.1, 0.15) is 5.75 Å². The molecule has 1 aromatic rings. The molecular formula is C15H18ClNO4. The van der Waals surface area contributed by atoms with Crippen molar-refractivity contribution in [2.75, 3.05) is 6.61 Å². The maximum Gasteiger partial charge on any atom is 0.305 e. The van der Waals surface area contributed by atoms with Crippen molar-refractivity contribution in [1.29, 1.82) is 0 Å². The molecule has 0 saturated heterocycles. The average Bonchev–Trinajstić information content (AvgIpc) is 3.23. The van der Waals surface area contributed by atoms with Crippen LogP contribution in [0.25, 0.3) is 0 Å². The van der Waals surface area contributed by atoms with Crippen LogP contribution in [0.15, 0.2) is 18.2 Å². The second-order valence-corrected chi connectivity index (χ2v) is 5.72. The second-order valence-electron chi connectivity index (χ2n) is 5.31. The minimum absolute atomic E-state index is 0.0452. The van der Waals surface area contributed by atoms with E-state index in [-0.39, 0.29) is 30.9 Å². The second kappa shape index (κ2) is 6.80. The highest BCUT2D eigenvalue weighted by atomic mass is 35.5. The highest BCUT2D eigenvalue weighted by Crippen LogP contribution is 2.34. The summed E-state index contributed by atoms with van der Waals surface area (Å²) in [6.07, 6.45) is 1.89. The number of rotatable bonds is 7. The number of hydrogen-bond donors (Lipinski definition) is 2. The topological polar surface area (TPSA) is 75.6 Å². The average molecular weight is 312 g/mol. The van der Waals surface area contributed by atoms with Crippen LogP contribution in [0, 0.1) is 12.8 Å². The SMILES string of the molecule is Cc1cc(OCC(=O)NC(CC(=O)O)C2CC2)ccc1Cl. The van der Waals surface area contributed by atoms with Crippen LogP contribution in [0.5, 0.6) is 5.75 Å². The number of hydrogen-bond acceptors (Lipinski definition) is 3. The van der Waals surface area contributed by atoms with Crippen LogP contribution in [0.4, 0.5) is 0 Å². The number of halogens is 1. The molecule has 21 heavy (non-hydrogen) atoms. The Morgan fingerprint density at radius 3 is 2.76 bits per heavy atom. The highest BCUT2D eigenvalue weighted by molar-refractivity contribution is 6.31. The van der Waals surface area contributed by atoms with Gasteiger partial charge in [0, 0.05) is 11.1 Å². The molecule has 0 radical (unpaired) electrons. The van der Waals surface area contributed by atoms with Crippen LogP contribution >= 0.6 is 11.6 Å². The van der Waals surface area contributed by atoms with Crippen molar-refractivity contribution in [3.63, 3.8) is 0 Å². The van der Waals surface area contributed by atoms with Crippen molar-refractivity contribution in [2.45, 2.75) is 32.2 Å². The molecule has 114 valence electrons. The van der Waals surface area contributed by atoms with E-state index in [0.717, 1.165) is 18.4 Å². The number of aliphatic carboxylic acids is 1. The zero-order chi connectivity index (χ0) is 15.4. The molecule has 1 aromatic carbocycles. The number of carbonyl (C=O) groups is 2. The molecule has 2 N–H and O–H groups in total. The summed E-state index contributed by atoms with van der Waals surface area (Å²) in [5.74, 6) is -0.363. The fourth-order valence-electron chi connectivity index (χ4n) is 2.13. The number of ether oxygens (including phenoxy) is 1. The number of benzene rings is 1. The molecule has 1 unspecified atom stereocenters. The largest absolute Gasteiger partial charge is 0.484 e. The van der Waals surface area contributed by atoms with Crippen LogP contribution in [-0.2, 0) is 9.59 Å². The number of carboxylic acid groups (broad SMARTS) is 1. The first kappa shape index (κ1) is 15.6. The third-order valence-electron chi connectivity index (χ3n) is 3.43. The molecule has 1 saturated carbocycles. The normalized spacial score (nSPS) is 15.3. The summed E-state index contributed by atoms with van der Waals surface area (Å²) >= 11 is 5.91. The number of carbonyl (C=O) groups excluding carboxylic acids is 1. The minimum Gasteiger partial charge on any atom is -0.484 e. The number of carboxylic acids is 1. The van der Waals surface area contributed by atoms with Gasteiger partial charge in [0.15, 0.2) is 6.61 Å². The number of aryl methyl sites for hydroxylation is 1. The zero-order valence-corrected chi connectivity index (χ0v) is 12.5. The zero-order valence-electron chi connectivity index (χ0n) is 11.8. The Morgan fingerprint density at radius 1 is 1.48 bits per heavy atom. The smallest absolute Gasteiger partial charge is 0.305 e. The molecular weight excluding hydrogens is 294 g/mol. The molecule has 2 rings (SSSR count). The Bertz CT molecular complexity index is 542. The van der Waals surface area contributed by atoms with Gasteiger partial charge in [0.05, 0.1) is 6.42 Å². The lowest BCUT2D eigenvalue weighted by Gasteiger charge is -2.16. The van der Waals surface area contributed by atoms with Crippen LogP contribution in [0.3, 0.4) is 0 Å². The maximum atomic E-state index is 11.8. The number of amides is 1. The third-order valence-corrected chi connectivity index (χ3v) is 3.86. The summed E-state index contributed by atoms with van der Waals surface area (Å²) in [7, 11) is 0. The van der Waals surface area contributed by atoms with Gasteiger partial charge < -0.3 is 15.2 Å². The summed E-state index contributed by atoms with van der Waals surface area (Å²) < 4.78 is 5.39. The van der Waals surface area contributed by atoms with Crippen LogP contribution in [0.2, 0.25) is 5.02 Å². The molecule has 1 aliphatic rings. The Hall–Kier alpha value is -1.75. The van der Waals surface area contributed by atoms with E-state index in [4.69, 9.17) is 21.4 Å². The van der Waals surface area contributed by atoms with Crippen molar-refractivity contribution in [3.8, 4) is 5.75 Å². The predicted molar refractivity (Wildman–Crippen MR) is 78.6 cm³/mol. The fourth-order valence-corrected chi connectivity index (χ4v) is 2.24. The van der Waals surface area contributed by atoms with E-state index >= 15 is 0 Å². The van der Waals surface area contributed by atoms with Crippen molar-refractivity contribution in [2.24, 2.45) is 5.92 Å². The van der Waals surface area contributed by atoms with E-state index in [2.05, 4.69) is 5.32 Å². The molecule has 0 aliphatic heterocycles. The van der Waals surface area contributed by atoms with E-state index in [1.807, 2.05) is 6.92 Å². The van der Waals surface area contributed by atoms with E-state index in [0.29, 0.717) is 10.8 Å². The summed E-state index contributed by atoms with van der Waals surface area (Å²) in [6.45, 7) is 1.72. The summed E-state index contributed by atoms with van der Waals surface area (Å²) in [4.78, 5) is 22.6. The van der Waals surface area contributed by atoms with Gasteiger partial charge >= 0.3 is 5.97 Å². The monoisotopic (exact) mass is 311 g/mol. The third kappa shape index (κ3) is 4.93. The Kier molecular flexibility index (Phi) is 5.07. The van der Waals surface area contributed by atoms with Gasteiger partial charge in [-0.2, -0.15) is 0 Å². The summed E-state index contributed by atoms with van der Waals surface area (Å²) in [5.41, 5.74) is 0.872. The molecule has 0 spiro atoms. The molecule has 1 aliphatic carbocycles. The van der Waals surface area contributed by atoms with Gasteiger partial charge in [-0.15, -0.1) is 0 Å². The quantitative estimate of drug-likeness (QED) is 0.810. The summed E-state index contributed by atoms with van der Waals surface area (Å²) in [5, 5.41) is 12.2. The highest BCUT2D eigenvalue weighted by Gasteiger charge is 2.33. The summed E-state index contributed by atoms with van der Waals surface area (Å²) in [6, 6.07) is 4.86. The lowest BCUT2D eigenvalue weighted by molar-refractivity contribution is -0.138. The minimum atomic E-state index is -0.901. The first-order valence-corrected chi connectivity index (χ1v) is 7.23. The number of nitrogens with one attached hydrogen (secondary N) is 1. The Balaban J connectivity index is 1.83. The van der Waals surface area contributed by atoms with Gasteiger partial charge in [-0.05, 0) is 49.4 Å². The van der Waals surface area contributed by atoms with Gasteiger partial charge in [-0.25, -0.2) is 0 Å². The Labute approximate surface area is 128 Å². The molecule has 0 aromatic heterocycles. The maximum absolute atomic E-state index is 11.8. The van der Waals surface area contributed by atoms with Crippen molar-refractivity contribution >= 4 is 23.5 Å². The van der Waals surface area contributed by atoms with Crippen LogP contribution < -0.4 is 10.1 Å². The van der Waals surface area contributed by atoms with Crippen LogP contribution in [0.1, 0.15) is 24.8 Å². The first-order valence-electron chi connectivity index (χ1n) is 6.86. The standard InChI is InChI=1S/C15H18ClNO4/c1-9-6-11(4-5-12(9)16)21-8-14(18)17-13(7-15(19)20)10-2-3-10/h4-6,10,13H,2-3,7-8H2,1H3,(H,17,18)(H,19,20). The Morgan fingerprint density at radius 2 is 2.19 bits per heavy atom. The van der Waals surface area contributed by atoms with Gasteiger partial charge in [-0.1, -0.05) is 11.6 Å². The lowest BCUT2D eigenvalue weighted by Crippen LogP contribution is -2.40. The van der Waals surface area contributed by atoms with Crippen molar-refractivity contribution < 1.29 is 19.4 Å². The first-order chi connectivity index (χ1) is 9.95. The van der Waals surface area contributed by atoms with Gasteiger partial charge in [-0.3, -0.25) is 9.59 Å². The van der Waals surface area contributed by atoms with E-state index < -0.39 is 5.97 Å². The molecule has 5 nitrogen and oxygen atoms in total. The molecule has 0 heterocycles. The van der Waals surface area contributed by atoms with Gasteiger partial charge in [0.25, 0.3) is 5.91 Å². The van der Waals surface area contributed by atoms with Crippen molar-refractivity contribution in [3.05, 3.63) is 28.8 Å². The van der Waals surface area contributed by atoms with E-state index in [1.54, 1.807) is 18.2 Å². The van der Waals surface area contributed by atoms with E-state index in [1.165, 1.54) is 0 Å². The molecule has 0 bridgehead atoms. The van der Waals surface area contributed by atoms with Crippen LogP contribution in [-0.4, -0.2) is 29.6 Å². The predicted octanol–water partition coefficient (Wildman–Crippen LogP) is 2.40. The van der Waals surface area contributed by atoms with E-state index in [9.17, 15) is 9.59 Å². The van der Waals surface area contributed by atoms with Gasteiger partial charge in [0.2, 0.25) is 0 Å². The molecule has 1 amide bonds. The molecule has 1 fully saturated rings. The molecule has 1 atom stereocenters. The van der Waals surface area contributed by atoms with Crippen molar-refractivity contribution in [1.82, 2.24) is 5.32 Å². The molecule has 6 heteroatoms.